The molecule has 1 aliphatic rings. The van der Waals surface area contributed by atoms with Crippen molar-refractivity contribution in [3.05, 3.63) is 23.8 Å². The summed E-state index contributed by atoms with van der Waals surface area (Å²) in [7, 11) is -3.40. The van der Waals surface area contributed by atoms with Crippen molar-refractivity contribution in [1.29, 1.82) is 0 Å². The molecule has 0 radical (unpaired) electrons. The first-order valence-electron chi connectivity index (χ1n) is 6.86. The van der Waals surface area contributed by atoms with Gasteiger partial charge in [0, 0.05) is 24.8 Å². The zero-order valence-electron chi connectivity index (χ0n) is 11.8. The third kappa shape index (κ3) is 2.62. The summed E-state index contributed by atoms with van der Waals surface area (Å²) < 4.78 is 27.1. The van der Waals surface area contributed by atoms with Gasteiger partial charge in [-0.3, -0.25) is 0 Å². The monoisotopic (exact) mass is 282 g/mol. The molecule has 0 fully saturated rings. The van der Waals surface area contributed by atoms with Gasteiger partial charge in [0.25, 0.3) is 0 Å². The first-order valence-corrected chi connectivity index (χ1v) is 8.30. The van der Waals surface area contributed by atoms with Crippen LogP contribution >= 0.6 is 0 Å². The zero-order valence-corrected chi connectivity index (χ0v) is 12.6. The lowest BCUT2D eigenvalue weighted by molar-refractivity contribution is 0.368. The van der Waals surface area contributed by atoms with Crippen LogP contribution in [-0.2, 0) is 16.4 Å². The van der Waals surface area contributed by atoms with Crippen LogP contribution in [0.5, 0.6) is 0 Å². The summed E-state index contributed by atoms with van der Waals surface area (Å²) in [5, 5.41) is 3.28. The van der Waals surface area contributed by atoms with Gasteiger partial charge in [0.05, 0.1) is 4.90 Å². The fourth-order valence-electron chi connectivity index (χ4n) is 2.66. The Morgan fingerprint density at radius 3 is 2.74 bits per heavy atom. The molecule has 0 aromatic heterocycles. The second kappa shape index (κ2) is 5.51. The Morgan fingerprint density at radius 1 is 1.37 bits per heavy atom. The van der Waals surface area contributed by atoms with Crippen LogP contribution in [0.25, 0.3) is 0 Å². The first kappa shape index (κ1) is 14.3. The summed E-state index contributed by atoms with van der Waals surface area (Å²) >= 11 is 0. The number of nitrogens with zero attached hydrogens (tertiary/aromatic N) is 1. The van der Waals surface area contributed by atoms with E-state index in [1.165, 1.54) is 0 Å². The molecule has 0 amide bonds. The first-order chi connectivity index (χ1) is 8.98. The van der Waals surface area contributed by atoms with Gasteiger partial charge >= 0.3 is 0 Å². The molecule has 0 atom stereocenters. The van der Waals surface area contributed by atoms with Gasteiger partial charge in [0.2, 0.25) is 10.0 Å². The maximum absolute atomic E-state index is 12.8. The molecule has 1 heterocycles. The molecule has 1 aromatic carbocycles. The molecule has 1 N–H and O–H groups in total. The minimum atomic E-state index is -3.40. The van der Waals surface area contributed by atoms with Gasteiger partial charge in [-0.15, -0.1) is 0 Å². The Hall–Kier alpha value is -1.07. The molecule has 0 saturated carbocycles. The number of fused-ring (bicyclic) bond motifs is 1. The molecule has 4 nitrogen and oxygen atoms in total. The van der Waals surface area contributed by atoms with Crippen LogP contribution in [0.1, 0.15) is 32.8 Å². The third-order valence-electron chi connectivity index (χ3n) is 3.53. The number of rotatable bonds is 4. The van der Waals surface area contributed by atoms with Crippen molar-refractivity contribution in [2.75, 3.05) is 18.4 Å². The van der Waals surface area contributed by atoms with Crippen LogP contribution in [0.15, 0.2) is 23.1 Å². The van der Waals surface area contributed by atoms with Gasteiger partial charge in [0.1, 0.15) is 0 Å². The molecule has 0 saturated heterocycles. The molecule has 0 unspecified atom stereocenters. The Kier molecular flexibility index (Phi) is 4.16. The van der Waals surface area contributed by atoms with Gasteiger partial charge in [0.15, 0.2) is 0 Å². The highest BCUT2D eigenvalue weighted by molar-refractivity contribution is 7.89. The standard InChI is InChI=1S/C14H22N2O2S/c1-4-16(11(2)3)19(17,18)14-9-5-8-13-12(14)7-6-10-15-13/h5,8-9,11,15H,4,6-7,10H2,1-3H3. The molecular weight excluding hydrogens is 260 g/mol. The van der Waals surface area contributed by atoms with Gasteiger partial charge in [-0.1, -0.05) is 13.0 Å². The van der Waals surface area contributed by atoms with Crippen LogP contribution in [0.3, 0.4) is 0 Å². The molecule has 0 aliphatic carbocycles. The Balaban J connectivity index is 2.52. The van der Waals surface area contributed by atoms with Crippen LogP contribution in [0.4, 0.5) is 5.69 Å². The van der Waals surface area contributed by atoms with Crippen molar-refractivity contribution < 1.29 is 8.42 Å². The summed E-state index contributed by atoms with van der Waals surface area (Å²) in [4.78, 5) is 0.466. The molecular formula is C14H22N2O2S. The summed E-state index contributed by atoms with van der Waals surface area (Å²) in [5.41, 5.74) is 1.90. The molecule has 0 spiro atoms. The van der Waals surface area contributed by atoms with E-state index in [-0.39, 0.29) is 6.04 Å². The second-order valence-corrected chi connectivity index (χ2v) is 6.97. The summed E-state index contributed by atoms with van der Waals surface area (Å²) in [6, 6.07) is 5.48. The average Bonchev–Trinajstić information content (AvgIpc) is 2.38. The fourth-order valence-corrected chi connectivity index (χ4v) is 4.58. The maximum Gasteiger partial charge on any atom is 0.243 e. The van der Waals surface area contributed by atoms with Gasteiger partial charge in [-0.05, 0) is 44.4 Å². The Labute approximate surface area is 115 Å². The maximum atomic E-state index is 12.8. The number of hydrogen-bond donors (Lipinski definition) is 1. The highest BCUT2D eigenvalue weighted by atomic mass is 32.2. The summed E-state index contributed by atoms with van der Waals surface area (Å²) in [6.07, 6.45) is 1.81. The van der Waals surface area contributed by atoms with E-state index >= 15 is 0 Å². The fraction of sp³-hybridized carbons (Fsp3) is 0.571. The lowest BCUT2D eigenvalue weighted by Gasteiger charge is -2.27. The molecule has 1 aromatic rings. The van der Waals surface area contributed by atoms with Gasteiger partial charge in [-0.25, -0.2) is 8.42 Å². The number of sulfonamides is 1. The summed E-state index contributed by atoms with van der Waals surface area (Å²) in [5.74, 6) is 0. The van der Waals surface area contributed by atoms with E-state index < -0.39 is 10.0 Å². The SMILES string of the molecule is CCN(C(C)C)S(=O)(=O)c1cccc2c1CCCN2. The van der Waals surface area contributed by atoms with Crippen molar-refractivity contribution in [2.24, 2.45) is 0 Å². The lowest BCUT2D eigenvalue weighted by atomic mass is 10.0. The number of hydrogen-bond acceptors (Lipinski definition) is 3. The molecule has 1 aliphatic heterocycles. The average molecular weight is 282 g/mol. The van der Waals surface area contributed by atoms with E-state index in [1.54, 1.807) is 10.4 Å². The van der Waals surface area contributed by atoms with Crippen LogP contribution in [0.2, 0.25) is 0 Å². The molecule has 106 valence electrons. The molecule has 5 heteroatoms. The van der Waals surface area contributed by atoms with Crippen molar-refractivity contribution in [3.63, 3.8) is 0 Å². The Bertz CT molecular complexity index is 553. The van der Waals surface area contributed by atoms with Crippen molar-refractivity contribution in [1.82, 2.24) is 4.31 Å². The molecule has 0 bridgehead atoms. The van der Waals surface area contributed by atoms with E-state index in [0.29, 0.717) is 11.4 Å². The second-order valence-electron chi connectivity index (χ2n) is 5.11. The minimum absolute atomic E-state index is 0.0256. The third-order valence-corrected chi connectivity index (χ3v) is 5.76. The van der Waals surface area contributed by atoms with Crippen LogP contribution in [0, 0.1) is 0 Å². The largest absolute Gasteiger partial charge is 0.385 e. The quantitative estimate of drug-likeness (QED) is 0.923. The predicted molar refractivity (Wildman–Crippen MR) is 78.0 cm³/mol. The van der Waals surface area contributed by atoms with E-state index in [1.807, 2.05) is 32.9 Å². The predicted octanol–water partition coefficient (Wildman–Crippen LogP) is 2.46. The number of nitrogens with one attached hydrogen (secondary N) is 1. The van der Waals surface area contributed by atoms with Gasteiger partial charge < -0.3 is 5.32 Å². The normalized spacial score (nSPS) is 15.4. The topological polar surface area (TPSA) is 49.4 Å². The van der Waals surface area contributed by atoms with Crippen molar-refractivity contribution in [2.45, 2.75) is 44.6 Å². The van der Waals surface area contributed by atoms with Crippen molar-refractivity contribution in [3.8, 4) is 0 Å². The Morgan fingerprint density at radius 2 is 2.11 bits per heavy atom. The van der Waals surface area contributed by atoms with E-state index in [2.05, 4.69) is 5.32 Å². The zero-order chi connectivity index (χ0) is 14.0. The highest BCUT2D eigenvalue weighted by Crippen LogP contribution is 2.30. The number of benzene rings is 1. The van der Waals surface area contributed by atoms with Crippen LogP contribution < -0.4 is 5.32 Å². The number of anilines is 1. The summed E-state index contributed by atoms with van der Waals surface area (Å²) in [6.45, 7) is 7.11. The van der Waals surface area contributed by atoms with Gasteiger partial charge in [-0.2, -0.15) is 4.31 Å². The molecule has 2 rings (SSSR count). The lowest BCUT2D eigenvalue weighted by Crippen LogP contribution is -2.37. The van der Waals surface area contributed by atoms with Crippen LogP contribution in [-0.4, -0.2) is 31.9 Å². The van der Waals surface area contributed by atoms with E-state index in [4.69, 9.17) is 0 Å². The highest BCUT2D eigenvalue weighted by Gasteiger charge is 2.29. The minimum Gasteiger partial charge on any atom is -0.385 e. The molecule has 19 heavy (non-hydrogen) atoms. The van der Waals surface area contributed by atoms with E-state index in [0.717, 1.165) is 30.6 Å². The van der Waals surface area contributed by atoms with Crippen molar-refractivity contribution >= 4 is 15.7 Å². The smallest absolute Gasteiger partial charge is 0.243 e. The van der Waals surface area contributed by atoms with E-state index in [9.17, 15) is 8.42 Å².